The Hall–Kier alpha value is -2.04. The Balaban J connectivity index is 1.46. The highest BCUT2D eigenvalue weighted by Crippen LogP contribution is 2.35. The standard InChI is InChI=1S/C23H29FN4O3S2/c1-13(2)33-23(29)28-15-7-17(8-16(28)11-30-10-15)31-22-14(3)21(25-12-26-22)27-20-6-5-18(32-4)9-19(20)24/h5-6,9,12-13,15-17H,7-8,10-11H2,1-4H3,(H,25,26,27). The topological polar surface area (TPSA) is 76.6 Å². The van der Waals surface area contributed by atoms with Gasteiger partial charge in [-0.3, -0.25) is 4.79 Å². The van der Waals surface area contributed by atoms with Crippen molar-refractivity contribution in [2.75, 3.05) is 24.8 Å². The Morgan fingerprint density at radius 2 is 2.00 bits per heavy atom. The molecule has 1 aromatic carbocycles. The summed E-state index contributed by atoms with van der Waals surface area (Å²) in [5, 5.41) is 3.41. The molecule has 4 rings (SSSR count). The molecule has 1 N–H and O–H groups in total. The fourth-order valence-corrected chi connectivity index (χ4v) is 5.46. The minimum atomic E-state index is -0.341. The van der Waals surface area contributed by atoms with Gasteiger partial charge in [0.05, 0.1) is 36.5 Å². The molecule has 2 bridgehead atoms. The summed E-state index contributed by atoms with van der Waals surface area (Å²) in [5.74, 6) is 0.626. The van der Waals surface area contributed by atoms with Crippen molar-refractivity contribution in [3.8, 4) is 5.88 Å². The van der Waals surface area contributed by atoms with Crippen LogP contribution in [0.2, 0.25) is 0 Å². The predicted octanol–water partition coefficient (Wildman–Crippen LogP) is 5.26. The Bertz CT molecular complexity index is 996. The van der Waals surface area contributed by atoms with Crippen molar-refractivity contribution in [1.29, 1.82) is 0 Å². The molecule has 1 amide bonds. The molecule has 2 aromatic rings. The van der Waals surface area contributed by atoms with Crippen molar-refractivity contribution in [3.05, 3.63) is 35.9 Å². The van der Waals surface area contributed by atoms with Crippen molar-refractivity contribution >= 4 is 40.3 Å². The number of piperidine rings is 1. The smallest absolute Gasteiger partial charge is 0.282 e. The first-order valence-electron chi connectivity index (χ1n) is 11.0. The zero-order chi connectivity index (χ0) is 23.5. The zero-order valence-electron chi connectivity index (χ0n) is 19.2. The van der Waals surface area contributed by atoms with Crippen LogP contribution in [0.1, 0.15) is 32.3 Å². The number of nitrogens with zero attached hydrogens (tertiary/aromatic N) is 3. The van der Waals surface area contributed by atoms with Gasteiger partial charge >= 0.3 is 0 Å². The molecule has 2 aliphatic rings. The molecule has 2 saturated heterocycles. The number of carbonyl (C=O) groups excluding carboxylic acids is 1. The number of anilines is 2. The predicted molar refractivity (Wildman–Crippen MR) is 130 cm³/mol. The van der Waals surface area contributed by atoms with Crippen molar-refractivity contribution in [3.63, 3.8) is 0 Å². The van der Waals surface area contributed by atoms with E-state index in [2.05, 4.69) is 15.3 Å². The van der Waals surface area contributed by atoms with Gasteiger partial charge in [0.2, 0.25) is 5.88 Å². The number of ether oxygens (including phenoxy) is 2. The van der Waals surface area contributed by atoms with E-state index in [4.69, 9.17) is 9.47 Å². The van der Waals surface area contributed by atoms with Gasteiger partial charge in [-0.05, 0) is 31.4 Å². The highest BCUT2D eigenvalue weighted by Gasteiger charge is 2.43. The molecule has 2 fully saturated rings. The van der Waals surface area contributed by atoms with E-state index in [1.54, 1.807) is 6.07 Å². The monoisotopic (exact) mass is 492 g/mol. The summed E-state index contributed by atoms with van der Waals surface area (Å²) in [6.07, 6.45) is 4.59. The molecular formula is C23H29FN4O3S2. The number of carbonyl (C=O) groups is 1. The highest BCUT2D eigenvalue weighted by molar-refractivity contribution is 8.14. The van der Waals surface area contributed by atoms with Gasteiger partial charge in [0.15, 0.2) is 0 Å². The van der Waals surface area contributed by atoms with E-state index < -0.39 is 0 Å². The maximum absolute atomic E-state index is 14.4. The molecule has 2 aliphatic heterocycles. The minimum absolute atomic E-state index is 0.00923. The maximum atomic E-state index is 14.4. The number of halogens is 1. The van der Waals surface area contributed by atoms with Crippen LogP contribution >= 0.6 is 23.5 Å². The van der Waals surface area contributed by atoms with Gasteiger partial charge in [-0.1, -0.05) is 25.6 Å². The van der Waals surface area contributed by atoms with E-state index in [1.165, 1.54) is 35.9 Å². The minimum Gasteiger partial charge on any atom is -0.474 e. The Labute approximate surface area is 202 Å². The molecule has 0 aliphatic carbocycles. The molecule has 33 heavy (non-hydrogen) atoms. The van der Waals surface area contributed by atoms with Crippen molar-refractivity contribution in [2.45, 2.75) is 61.9 Å². The largest absolute Gasteiger partial charge is 0.474 e. The number of amides is 1. The van der Waals surface area contributed by atoms with Crippen molar-refractivity contribution in [2.24, 2.45) is 0 Å². The van der Waals surface area contributed by atoms with E-state index in [9.17, 15) is 9.18 Å². The normalized spacial score (nSPS) is 22.4. The van der Waals surface area contributed by atoms with Crippen LogP contribution in [0.3, 0.4) is 0 Å². The second-order valence-electron chi connectivity index (χ2n) is 8.52. The third-order valence-corrected chi connectivity index (χ3v) is 7.38. The number of benzene rings is 1. The van der Waals surface area contributed by atoms with Crippen molar-refractivity contribution < 1.29 is 18.7 Å². The second kappa shape index (κ2) is 10.5. The molecule has 2 unspecified atom stereocenters. The van der Waals surface area contributed by atoms with Crippen LogP contribution in [-0.4, -0.2) is 63.0 Å². The van der Waals surface area contributed by atoms with Gasteiger partial charge < -0.3 is 19.7 Å². The lowest BCUT2D eigenvalue weighted by Crippen LogP contribution is -2.60. The average Bonchev–Trinajstić information content (AvgIpc) is 2.76. The summed E-state index contributed by atoms with van der Waals surface area (Å²) < 4.78 is 26.5. The second-order valence-corrected chi connectivity index (χ2v) is 10.9. The number of hydrogen-bond acceptors (Lipinski definition) is 8. The number of morpholine rings is 1. The van der Waals surface area contributed by atoms with E-state index in [1.807, 2.05) is 38.0 Å². The first-order chi connectivity index (χ1) is 15.9. The number of thioether (sulfide) groups is 2. The van der Waals surface area contributed by atoms with Gasteiger partial charge in [-0.2, -0.15) is 0 Å². The third kappa shape index (κ3) is 5.55. The molecule has 1 aromatic heterocycles. The lowest BCUT2D eigenvalue weighted by atomic mass is 9.92. The zero-order valence-corrected chi connectivity index (χ0v) is 20.8. The summed E-state index contributed by atoms with van der Waals surface area (Å²) in [5.41, 5.74) is 1.06. The number of hydrogen-bond donors (Lipinski definition) is 1. The SMILES string of the molecule is CSc1ccc(Nc2ncnc(OC3CC4COCC(C3)N4C(=O)SC(C)C)c2C)c(F)c1. The summed E-state index contributed by atoms with van der Waals surface area (Å²) in [6.45, 7) is 6.94. The lowest BCUT2D eigenvalue weighted by molar-refractivity contribution is -0.0738. The summed E-state index contributed by atoms with van der Waals surface area (Å²) in [7, 11) is 0. The molecule has 0 saturated carbocycles. The molecular weight excluding hydrogens is 463 g/mol. The molecule has 178 valence electrons. The van der Waals surface area contributed by atoms with Crippen LogP contribution in [0.5, 0.6) is 5.88 Å². The van der Waals surface area contributed by atoms with Crippen LogP contribution < -0.4 is 10.1 Å². The van der Waals surface area contributed by atoms with Gasteiger partial charge in [0, 0.05) is 23.0 Å². The lowest BCUT2D eigenvalue weighted by Gasteiger charge is -2.48. The van der Waals surface area contributed by atoms with Crippen LogP contribution in [-0.2, 0) is 4.74 Å². The third-order valence-electron chi connectivity index (χ3n) is 5.77. The van der Waals surface area contributed by atoms with Crippen LogP contribution in [0, 0.1) is 12.7 Å². The van der Waals surface area contributed by atoms with E-state index in [-0.39, 0.29) is 34.5 Å². The molecule has 2 atom stereocenters. The van der Waals surface area contributed by atoms with Crippen LogP contribution in [0.25, 0.3) is 0 Å². The molecule has 0 radical (unpaired) electrons. The number of rotatable bonds is 6. The molecule has 7 nitrogen and oxygen atoms in total. The maximum Gasteiger partial charge on any atom is 0.282 e. The summed E-state index contributed by atoms with van der Waals surface area (Å²) in [6, 6.07) is 5.04. The van der Waals surface area contributed by atoms with Gasteiger partial charge in [0.25, 0.3) is 5.24 Å². The Morgan fingerprint density at radius 1 is 1.27 bits per heavy atom. The quantitative estimate of drug-likeness (QED) is 0.547. The van der Waals surface area contributed by atoms with Crippen molar-refractivity contribution in [1.82, 2.24) is 14.9 Å². The molecule has 10 heteroatoms. The van der Waals surface area contributed by atoms with Crippen LogP contribution in [0.4, 0.5) is 20.7 Å². The Morgan fingerprint density at radius 3 is 2.64 bits per heavy atom. The fourth-order valence-electron chi connectivity index (χ4n) is 4.21. The molecule has 0 spiro atoms. The van der Waals surface area contributed by atoms with Crippen LogP contribution in [0.15, 0.2) is 29.4 Å². The first kappa shape index (κ1) is 24.1. The number of nitrogens with one attached hydrogen (secondary N) is 1. The summed E-state index contributed by atoms with van der Waals surface area (Å²) >= 11 is 2.85. The Kier molecular flexibility index (Phi) is 7.65. The van der Waals surface area contributed by atoms with Gasteiger partial charge in [0.1, 0.15) is 24.1 Å². The van der Waals surface area contributed by atoms with E-state index >= 15 is 0 Å². The average molecular weight is 493 g/mol. The molecule has 3 heterocycles. The highest BCUT2D eigenvalue weighted by atomic mass is 32.2. The van der Waals surface area contributed by atoms with E-state index in [0.717, 1.165) is 4.90 Å². The van der Waals surface area contributed by atoms with Gasteiger partial charge in [-0.15, -0.1) is 11.8 Å². The van der Waals surface area contributed by atoms with Gasteiger partial charge in [-0.25, -0.2) is 14.4 Å². The number of fused-ring (bicyclic) bond motifs is 2. The summed E-state index contributed by atoms with van der Waals surface area (Å²) in [4.78, 5) is 24.2. The first-order valence-corrected chi connectivity index (χ1v) is 13.1. The van der Waals surface area contributed by atoms with E-state index in [0.29, 0.717) is 49.0 Å². The fraction of sp³-hybridized carbons (Fsp3) is 0.522. The number of aromatic nitrogens is 2.